The molecule has 20 heavy (non-hydrogen) atoms. The van der Waals surface area contributed by atoms with Crippen LogP contribution in [0.4, 0.5) is 0 Å². The minimum atomic E-state index is -0.359. The van der Waals surface area contributed by atoms with Gasteiger partial charge in [0, 0.05) is 13.1 Å². The van der Waals surface area contributed by atoms with Gasteiger partial charge in [-0.05, 0) is 31.9 Å². The number of nitrogens with zero attached hydrogens (tertiary/aromatic N) is 1. The monoisotopic (exact) mass is 295 g/mol. The molecule has 3 rings (SSSR count). The second-order valence-corrected chi connectivity index (χ2v) is 5.88. The predicted octanol–water partition coefficient (Wildman–Crippen LogP) is 2.78. The summed E-state index contributed by atoms with van der Waals surface area (Å²) in [6, 6.07) is 10.1. The third-order valence-corrected chi connectivity index (χ3v) is 4.55. The summed E-state index contributed by atoms with van der Waals surface area (Å²) >= 11 is 0. The van der Waals surface area contributed by atoms with Crippen molar-refractivity contribution in [3.05, 3.63) is 35.9 Å². The smallest absolute Gasteiger partial charge is 0.316 e. The number of likely N-dealkylation sites (tertiary alicyclic amines) is 1. The quantitative estimate of drug-likeness (QED) is 0.803. The van der Waals surface area contributed by atoms with Crippen molar-refractivity contribution in [1.82, 2.24) is 4.90 Å². The molecule has 2 aliphatic rings. The van der Waals surface area contributed by atoms with Crippen LogP contribution in [0.25, 0.3) is 0 Å². The molecule has 0 radical (unpaired) electrons. The van der Waals surface area contributed by atoms with E-state index in [0.717, 1.165) is 44.3 Å². The van der Waals surface area contributed by atoms with Crippen LogP contribution in [0.5, 0.6) is 0 Å². The fraction of sp³-hybridized carbons (Fsp3) is 0.562. The van der Waals surface area contributed by atoms with Crippen LogP contribution in [0.1, 0.15) is 31.2 Å². The molecule has 3 nitrogen and oxygen atoms in total. The van der Waals surface area contributed by atoms with Crippen LogP contribution in [0.15, 0.2) is 30.3 Å². The molecule has 1 aromatic rings. The zero-order valence-corrected chi connectivity index (χ0v) is 12.7. The number of ether oxygens (including phenoxy) is 1. The molecular formula is C16H22ClNO2. The number of rotatable bonds is 3. The highest BCUT2D eigenvalue weighted by Gasteiger charge is 2.47. The van der Waals surface area contributed by atoms with Crippen LogP contribution in [0.3, 0.4) is 0 Å². The lowest BCUT2D eigenvalue weighted by Crippen LogP contribution is -2.45. The molecule has 1 saturated carbocycles. The standard InChI is InChI=1S/C16H21NO2.ClH/c1-17-11-8-14(12-17)19-15(18)16(9-5-10-16)13-6-3-2-4-7-13;/h2-4,6-7,14H,5,8-12H2,1H3;1H. The van der Waals surface area contributed by atoms with Crippen LogP contribution >= 0.6 is 12.4 Å². The summed E-state index contributed by atoms with van der Waals surface area (Å²) in [6.45, 7) is 1.90. The molecule has 2 fully saturated rings. The molecule has 0 spiro atoms. The molecule has 1 aliphatic heterocycles. The van der Waals surface area contributed by atoms with E-state index in [9.17, 15) is 4.79 Å². The van der Waals surface area contributed by atoms with E-state index in [1.165, 1.54) is 0 Å². The van der Waals surface area contributed by atoms with E-state index in [4.69, 9.17) is 4.74 Å². The number of hydrogen-bond acceptors (Lipinski definition) is 3. The van der Waals surface area contributed by atoms with Gasteiger partial charge in [0.1, 0.15) is 6.10 Å². The van der Waals surface area contributed by atoms with Crippen molar-refractivity contribution in [2.24, 2.45) is 0 Å². The predicted molar refractivity (Wildman–Crippen MR) is 81.2 cm³/mol. The lowest BCUT2D eigenvalue weighted by molar-refractivity contribution is -0.159. The van der Waals surface area contributed by atoms with E-state index in [2.05, 4.69) is 24.1 Å². The van der Waals surface area contributed by atoms with Crippen molar-refractivity contribution in [3.8, 4) is 0 Å². The number of hydrogen-bond donors (Lipinski definition) is 0. The summed E-state index contributed by atoms with van der Waals surface area (Å²) in [5.41, 5.74) is 0.764. The number of halogens is 1. The Morgan fingerprint density at radius 3 is 2.50 bits per heavy atom. The van der Waals surface area contributed by atoms with Crippen LogP contribution in [-0.4, -0.2) is 37.1 Å². The molecule has 1 atom stereocenters. The molecule has 1 heterocycles. The first-order valence-electron chi connectivity index (χ1n) is 7.16. The van der Waals surface area contributed by atoms with Crippen molar-refractivity contribution < 1.29 is 9.53 Å². The Morgan fingerprint density at radius 2 is 2.00 bits per heavy atom. The molecule has 0 amide bonds. The molecule has 0 bridgehead atoms. The molecule has 110 valence electrons. The Bertz CT molecular complexity index is 459. The highest BCUT2D eigenvalue weighted by molar-refractivity contribution is 5.85. The van der Waals surface area contributed by atoms with Gasteiger partial charge in [-0.25, -0.2) is 0 Å². The first-order valence-corrected chi connectivity index (χ1v) is 7.16. The van der Waals surface area contributed by atoms with Gasteiger partial charge in [0.25, 0.3) is 0 Å². The Morgan fingerprint density at radius 1 is 1.30 bits per heavy atom. The molecular weight excluding hydrogens is 274 g/mol. The summed E-state index contributed by atoms with van der Waals surface area (Å²) in [7, 11) is 2.07. The molecule has 0 aromatic heterocycles. The Kier molecular flexibility index (Phi) is 4.71. The number of carbonyl (C=O) groups excluding carboxylic acids is 1. The van der Waals surface area contributed by atoms with E-state index in [1.807, 2.05) is 18.2 Å². The van der Waals surface area contributed by atoms with Gasteiger partial charge in [0.05, 0.1) is 5.41 Å². The molecule has 1 saturated heterocycles. The summed E-state index contributed by atoms with van der Waals surface area (Å²) in [5.74, 6) is -0.00903. The molecule has 1 aromatic carbocycles. The van der Waals surface area contributed by atoms with Crippen molar-refractivity contribution in [2.45, 2.75) is 37.2 Å². The van der Waals surface area contributed by atoms with Gasteiger partial charge >= 0.3 is 5.97 Å². The van der Waals surface area contributed by atoms with E-state index < -0.39 is 0 Å². The van der Waals surface area contributed by atoms with Crippen LogP contribution in [0, 0.1) is 0 Å². The normalized spacial score (nSPS) is 24.6. The molecule has 0 N–H and O–H groups in total. The summed E-state index contributed by atoms with van der Waals surface area (Å²) in [5, 5.41) is 0. The molecule has 1 unspecified atom stereocenters. The van der Waals surface area contributed by atoms with Crippen LogP contribution in [-0.2, 0) is 14.9 Å². The van der Waals surface area contributed by atoms with E-state index >= 15 is 0 Å². The van der Waals surface area contributed by atoms with Gasteiger partial charge in [-0.3, -0.25) is 4.79 Å². The van der Waals surface area contributed by atoms with Crippen molar-refractivity contribution in [3.63, 3.8) is 0 Å². The Balaban J connectivity index is 0.00000147. The summed E-state index contributed by atoms with van der Waals surface area (Å²) in [6.07, 6.45) is 4.03. The van der Waals surface area contributed by atoms with Crippen molar-refractivity contribution in [1.29, 1.82) is 0 Å². The highest BCUT2D eigenvalue weighted by atomic mass is 35.5. The average Bonchev–Trinajstić information content (AvgIpc) is 2.75. The van der Waals surface area contributed by atoms with Gasteiger partial charge in [-0.15, -0.1) is 12.4 Å². The maximum atomic E-state index is 12.6. The number of benzene rings is 1. The SMILES string of the molecule is CN1CCC(OC(=O)C2(c3ccccc3)CCC2)C1.Cl. The second-order valence-electron chi connectivity index (χ2n) is 5.88. The zero-order valence-electron chi connectivity index (χ0n) is 11.9. The lowest BCUT2D eigenvalue weighted by Gasteiger charge is -2.40. The van der Waals surface area contributed by atoms with Gasteiger partial charge in [-0.1, -0.05) is 36.8 Å². The molecule has 1 aliphatic carbocycles. The maximum absolute atomic E-state index is 12.6. The Hall–Kier alpha value is -1.06. The summed E-state index contributed by atoms with van der Waals surface area (Å²) in [4.78, 5) is 14.8. The average molecular weight is 296 g/mol. The number of carbonyl (C=O) groups is 1. The van der Waals surface area contributed by atoms with Crippen molar-refractivity contribution in [2.75, 3.05) is 20.1 Å². The van der Waals surface area contributed by atoms with E-state index in [1.54, 1.807) is 0 Å². The minimum Gasteiger partial charge on any atom is -0.460 e. The van der Waals surface area contributed by atoms with E-state index in [0.29, 0.717) is 0 Å². The lowest BCUT2D eigenvalue weighted by atomic mass is 9.64. The van der Waals surface area contributed by atoms with Gasteiger partial charge in [0.2, 0.25) is 0 Å². The zero-order chi connectivity index (χ0) is 13.3. The first kappa shape index (κ1) is 15.3. The Labute approximate surface area is 126 Å². The third-order valence-electron chi connectivity index (χ3n) is 4.55. The third kappa shape index (κ3) is 2.70. The maximum Gasteiger partial charge on any atom is 0.316 e. The first-order chi connectivity index (χ1) is 9.21. The highest BCUT2D eigenvalue weighted by Crippen LogP contribution is 2.45. The second kappa shape index (κ2) is 6.15. The largest absolute Gasteiger partial charge is 0.460 e. The minimum absolute atomic E-state index is 0. The topological polar surface area (TPSA) is 29.5 Å². The molecule has 4 heteroatoms. The fourth-order valence-electron chi connectivity index (χ4n) is 3.15. The summed E-state index contributed by atoms with van der Waals surface area (Å²) < 4.78 is 5.76. The van der Waals surface area contributed by atoms with E-state index in [-0.39, 0.29) is 29.9 Å². The van der Waals surface area contributed by atoms with Crippen LogP contribution < -0.4 is 0 Å². The number of esters is 1. The van der Waals surface area contributed by atoms with Crippen molar-refractivity contribution >= 4 is 18.4 Å². The number of likely N-dealkylation sites (N-methyl/N-ethyl adjacent to an activating group) is 1. The van der Waals surface area contributed by atoms with Crippen LogP contribution in [0.2, 0.25) is 0 Å². The van der Waals surface area contributed by atoms with Gasteiger partial charge in [0.15, 0.2) is 0 Å². The fourth-order valence-corrected chi connectivity index (χ4v) is 3.15. The van der Waals surface area contributed by atoms with Gasteiger partial charge in [-0.2, -0.15) is 0 Å². The van der Waals surface area contributed by atoms with Gasteiger partial charge < -0.3 is 9.64 Å².